The van der Waals surface area contributed by atoms with E-state index in [0.717, 1.165) is 11.3 Å². The summed E-state index contributed by atoms with van der Waals surface area (Å²) in [5, 5.41) is 4.40. The Kier molecular flexibility index (Phi) is 4.48. The zero-order chi connectivity index (χ0) is 16.4. The van der Waals surface area contributed by atoms with E-state index in [2.05, 4.69) is 43.2 Å². The van der Waals surface area contributed by atoms with E-state index >= 15 is 0 Å². The molecule has 0 aliphatic carbocycles. The average Bonchev–Trinajstić information content (AvgIpc) is 2.97. The quantitative estimate of drug-likeness (QED) is 0.875. The van der Waals surface area contributed by atoms with Gasteiger partial charge in [-0.25, -0.2) is 0 Å². The Bertz CT molecular complexity index is 683. The number of morpholine rings is 1. The van der Waals surface area contributed by atoms with E-state index in [1.807, 2.05) is 13.1 Å². The molecular weight excluding hydrogens is 290 g/mol. The third kappa shape index (κ3) is 3.29. The fraction of sp³-hybridized carbons (Fsp3) is 0.444. The number of hydrogen-bond acceptors (Lipinski definition) is 3. The second kappa shape index (κ2) is 6.54. The van der Waals surface area contributed by atoms with Crippen LogP contribution in [-0.4, -0.2) is 46.9 Å². The average molecular weight is 313 g/mol. The first kappa shape index (κ1) is 15.7. The number of aryl methyl sites for hydroxylation is 1. The number of hydrogen-bond donors (Lipinski definition) is 0. The highest BCUT2D eigenvalue weighted by molar-refractivity contribution is 5.93. The van der Waals surface area contributed by atoms with E-state index in [0.29, 0.717) is 37.9 Å². The van der Waals surface area contributed by atoms with Gasteiger partial charge >= 0.3 is 0 Å². The summed E-state index contributed by atoms with van der Waals surface area (Å²) < 4.78 is 7.07. The summed E-state index contributed by atoms with van der Waals surface area (Å²) in [6.45, 7) is 6.82. The number of benzene rings is 1. The lowest BCUT2D eigenvalue weighted by Crippen LogP contribution is -2.40. The van der Waals surface area contributed by atoms with Crippen LogP contribution >= 0.6 is 0 Å². The molecule has 0 atom stereocenters. The lowest BCUT2D eigenvalue weighted by molar-refractivity contribution is 0.0298. The van der Waals surface area contributed by atoms with Gasteiger partial charge in [-0.15, -0.1) is 0 Å². The second-order valence-corrected chi connectivity index (χ2v) is 6.22. The fourth-order valence-electron chi connectivity index (χ4n) is 2.81. The Balaban J connectivity index is 1.84. The van der Waals surface area contributed by atoms with Crippen LogP contribution in [0.4, 0.5) is 0 Å². The van der Waals surface area contributed by atoms with Crippen LogP contribution in [0.2, 0.25) is 0 Å². The summed E-state index contributed by atoms with van der Waals surface area (Å²) >= 11 is 0. The molecule has 1 amide bonds. The molecule has 1 aliphatic heterocycles. The van der Waals surface area contributed by atoms with Gasteiger partial charge in [-0.2, -0.15) is 5.10 Å². The van der Waals surface area contributed by atoms with E-state index in [4.69, 9.17) is 4.74 Å². The molecule has 1 aromatic carbocycles. The van der Waals surface area contributed by atoms with Crippen LogP contribution in [0.25, 0.3) is 11.3 Å². The lowest BCUT2D eigenvalue weighted by atomic mass is 10.0. The van der Waals surface area contributed by atoms with Crippen LogP contribution in [-0.2, 0) is 11.8 Å². The number of rotatable bonds is 3. The summed E-state index contributed by atoms with van der Waals surface area (Å²) in [6, 6.07) is 10.3. The molecule has 1 fully saturated rings. The molecule has 0 saturated carbocycles. The van der Waals surface area contributed by atoms with Crippen LogP contribution in [0.5, 0.6) is 0 Å². The summed E-state index contributed by atoms with van der Waals surface area (Å²) in [4.78, 5) is 14.3. The van der Waals surface area contributed by atoms with Gasteiger partial charge in [0.2, 0.25) is 0 Å². The highest BCUT2D eigenvalue weighted by Crippen LogP contribution is 2.23. The molecular formula is C18H23N3O2. The first-order chi connectivity index (χ1) is 11.1. The zero-order valence-corrected chi connectivity index (χ0v) is 14.0. The monoisotopic (exact) mass is 313 g/mol. The van der Waals surface area contributed by atoms with Gasteiger partial charge < -0.3 is 9.64 Å². The zero-order valence-electron chi connectivity index (χ0n) is 14.0. The van der Waals surface area contributed by atoms with Gasteiger partial charge in [0.05, 0.1) is 18.9 Å². The molecule has 2 aromatic rings. The molecule has 0 N–H and O–H groups in total. The summed E-state index contributed by atoms with van der Waals surface area (Å²) in [6.07, 6.45) is 0. The summed E-state index contributed by atoms with van der Waals surface area (Å²) in [7, 11) is 1.88. The minimum absolute atomic E-state index is 0.0195. The van der Waals surface area contributed by atoms with Gasteiger partial charge in [0.25, 0.3) is 5.91 Å². The van der Waals surface area contributed by atoms with Crippen molar-refractivity contribution in [2.24, 2.45) is 7.05 Å². The predicted octanol–water partition coefficient (Wildman–Crippen LogP) is 2.68. The molecule has 1 saturated heterocycles. The van der Waals surface area contributed by atoms with Gasteiger partial charge in [0.15, 0.2) is 5.69 Å². The summed E-state index contributed by atoms with van der Waals surface area (Å²) in [5.74, 6) is 0.489. The maximum absolute atomic E-state index is 12.5. The first-order valence-corrected chi connectivity index (χ1v) is 8.07. The van der Waals surface area contributed by atoms with E-state index in [1.165, 1.54) is 5.56 Å². The van der Waals surface area contributed by atoms with Crippen molar-refractivity contribution in [1.82, 2.24) is 14.7 Å². The second-order valence-electron chi connectivity index (χ2n) is 6.22. The molecule has 122 valence electrons. The molecule has 1 aliphatic rings. The van der Waals surface area contributed by atoms with Gasteiger partial charge in [-0.3, -0.25) is 9.48 Å². The molecule has 1 aromatic heterocycles. The highest BCUT2D eigenvalue weighted by atomic mass is 16.5. The van der Waals surface area contributed by atoms with Crippen molar-refractivity contribution in [2.45, 2.75) is 19.8 Å². The van der Waals surface area contributed by atoms with Crippen molar-refractivity contribution < 1.29 is 9.53 Å². The predicted molar refractivity (Wildman–Crippen MR) is 89.5 cm³/mol. The van der Waals surface area contributed by atoms with Crippen LogP contribution in [0.1, 0.15) is 35.8 Å². The Hall–Kier alpha value is -2.14. The Morgan fingerprint density at radius 1 is 1.17 bits per heavy atom. The minimum Gasteiger partial charge on any atom is -0.378 e. The van der Waals surface area contributed by atoms with Gasteiger partial charge in [0, 0.05) is 20.1 Å². The number of carbonyl (C=O) groups excluding carboxylic acids is 1. The number of carbonyl (C=O) groups is 1. The van der Waals surface area contributed by atoms with Gasteiger partial charge in [-0.05, 0) is 23.1 Å². The van der Waals surface area contributed by atoms with Crippen molar-refractivity contribution in [3.63, 3.8) is 0 Å². The minimum atomic E-state index is -0.0195. The van der Waals surface area contributed by atoms with E-state index < -0.39 is 0 Å². The first-order valence-electron chi connectivity index (χ1n) is 8.07. The molecule has 23 heavy (non-hydrogen) atoms. The van der Waals surface area contributed by atoms with Gasteiger partial charge in [-0.1, -0.05) is 38.1 Å². The van der Waals surface area contributed by atoms with E-state index in [-0.39, 0.29) is 5.91 Å². The highest BCUT2D eigenvalue weighted by Gasteiger charge is 2.22. The standard InChI is InChI=1S/C18H23N3O2/c1-13(2)14-4-6-15(7-5-14)17-12-16(19-20(17)3)18(22)21-8-10-23-11-9-21/h4-7,12-13H,8-11H2,1-3H3. The summed E-state index contributed by atoms with van der Waals surface area (Å²) in [5.41, 5.74) is 3.83. The van der Waals surface area contributed by atoms with Crippen molar-refractivity contribution >= 4 is 5.91 Å². The third-order valence-electron chi connectivity index (χ3n) is 4.27. The Morgan fingerprint density at radius 2 is 1.83 bits per heavy atom. The van der Waals surface area contributed by atoms with Crippen molar-refractivity contribution in [2.75, 3.05) is 26.3 Å². The molecule has 5 heteroatoms. The van der Waals surface area contributed by atoms with Gasteiger partial charge in [0.1, 0.15) is 0 Å². The molecule has 0 bridgehead atoms. The smallest absolute Gasteiger partial charge is 0.274 e. The van der Waals surface area contributed by atoms with Crippen LogP contribution in [0.3, 0.4) is 0 Å². The van der Waals surface area contributed by atoms with Crippen molar-refractivity contribution in [1.29, 1.82) is 0 Å². The molecule has 0 radical (unpaired) electrons. The number of ether oxygens (including phenoxy) is 1. The molecule has 2 heterocycles. The number of aromatic nitrogens is 2. The van der Waals surface area contributed by atoms with E-state index in [9.17, 15) is 4.79 Å². The third-order valence-corrected chi connectivity index (χ3v) is 4.27. The van der Waals surface area contributed by atoms with Crippen molar-refractivity contribution in [3.8, 4) is 11.3 Å². The van der Waals surface area contributed by atoms with Crippen LogP contribution in [0.15, 0.2) is 30.3 Å². The fourth-order valence-corrected chi connectivity index (χ4v) is 2.81. The normalized spacial score (nSPS) is 15.2. The van der Waals surface area contributed by atoms with Crippen LogP contribution < -0.4 is 0 Å². The van der Waals surface area contributed by atoms with E-state index in [1.54, 1.807) is 9.58 Å². The topological polar surface area (TPSA) is 47.4 Å². The number of nitrogens with zero attached hydrogens (tertiary/aromatic N) is 3. The number of amides is 1. The molecule has 0 spiro atoms. The molecule has 3 rings (SSSR count). The molecule has 5 nitrogen and oxygen atoms in total. The largest absolute Gasteiger partial charge is 0.378 e. The molecule has 0 unspecified atom stereocenters. The Morgan fingerprint density at radius 3 is 2.43 bits per heavy atom. The van der Waals surface area contributed by atoms with Crippen molar-refractivity contribution in [3.05, 3.63) is 41.6 Å². The Labute approximate surface area is 136 Å². The maximum Gasteiger partial charge on any atom is 0.274 e. The SMILES string of the molecule is CC(C)c1ccc(-c2cc(C(=O)N3CCOCC3)nn2C)cc1. The lowest BCUT2D eigenvalue weighted by Gasteiger charge is -2.25. The maximum atomic E-state index is 12.5. The van der Waals surface area contributed by atoms with Crippen LogP contribution in [0, 0.1) is 0 Å².